The molecule has 2 unspecified atom stereocenters. The number of carbonyl (C=O) groups is 1. The SMILES string of the molecule is COCCOc1c(COC2CN(C(=O)[O-])CCC2c2ccc(O)cc2)ccc2ccccc12. The highest BCUT2D eigenvalue weighted by molar-refractivity contribution is 5.89. The second-order valence-corrected chi connectivity index (χ2v) is 8.16. The maximum atomic E-state index is 11.5. The van der Waals surface area contributed by atoms with Crippen LogP contribution >= 0.6 is 0 Å². The van der Waals surface area contributed by atoms with Crippen LogP contribution < -0.4 is 9.84 Å². The summed E-state index contributed by atoms with van der Waals surface area (Å²) < 4.78 is 17.5. The van der Waals surface area contributed by atoms with Gasteiger partial charge < -0.3 is 34.1 Å². The van der Waals surface area contributed by atoms with Gasteiger partial charge in [0.25, 0.3) is 0 Å². The van der Waals surface area contributed by atoms with E-state index in [4.69, 9.17) is 14.2 Å². The fourth-order valence-electron chi connectivity index (χ4n) is 4.35. The molecule has 1 saturated heterocycles. The minimum atomic E-state index is -1.19. The number of likely N-dealkylation sites (tertiary alicyclic amines) is 1. The number of fused-ring (bicyclic) bond motifs is 1. The number of carboxylic acid groups (broad SMARTS) is 1. The van der Waals surface area contributed by atoms with E-state index in [0.717, 1.165) is 27.6 Å². The Bertz CT molecular complexity index is 1080. The molecule has 0 aromatic heterocycles. The monoisotopic (exact) mass is 450 g/mol. The third-order valence-corrected chi connectivity index (χ3v) is 6.09. The van der Waals surface area contributed by atoms with Crippen LogP contribution in [-0.2, 0) is 16.1 Å². The summed E-state index contributed by atoms with van der Waals surface area (Å²) in [5, 5.41) is 23.2. The molecule has 0 spiro atoms. The number of aromatic hydroxyl groups is 1. The van der Waals surface area contributed by atoms with Crippen LogP contribution in [0.2, 0.25) is 0 Å². The number of carbonyl (C=O) groups excluding carboxylic acids is 1. The maximum absolute atomic E-state index is 11.5. The fourth-order valence-corrected chi connectivity index (χ4v) is 4.35. The van der Waals surface area contributed by atoms with Gasteiger partial charge in [0.2, 0.25) is 0 Å². The number of hydrogen-bond donors (Lipinski definition) is 1. The largest absolute Gasteiger partial charge is 0.530 e. The molecule has 3 aromatic rings. The predicted molar refractivity (Wildman–Crippen MR) is 122 cm³/mol. The molecule has 0 bridgehead atoms. The van der Waals surface area contributed by atoms with Crippen LogP contribution in [0.5, 0.6) is 11.5 Å². The summed E-state index contributed by atoms with van der Waals surface area (Å²) in [7, 11) is 1.63. The first-order valence-electron chi connectivity index (χ1n) is 11.1. The van der Waals surface area contributed by atoms with Crippen molar-refractivity contribution in [3.05, 3.63) is 71.8 Å². The standard InChI is InChI=1S/C26H29NO6/c1-31-14-15-32-25-20(7-6-18-4-2-3-5-23(18)25)17-33-24-16-27(26(29)30)13-12-22(24)19-8-10-21(28)11-9-19/h2-11,22,24,28H,12-17H2,1H3,(H,29,30)/p-1. The summed E-state index contributed by atoms with van der Waals surface area (Å²) in [6, 6.07) is 19.0. The van der Waals surface area contributed by atoms with Gasteiger partial charge in [-0.15, -0.1) is 0 Å². The molecular weight excluding hydrogens is 422 g/mol. The number of methoxy groups -OCH3 is 1. The Morgan fingerprint density at radius 3 is 2.64 bits per heavy atom. The highest BCUT2D eigenvalue weighted by Gasteiger charge is 2.31. The number of phenols is 1. The molecule has 0 radical (unpaired) electrons. The van der Waals surface area contributed by atoms with Crippen molar-refractivity contribution in [1.29, 1.82) is 0 Å². The highest BCUT2D eigenvalue weighted by atomic mass is 16.5. The number of nitrogens with zero attached hydrogens (tertiary/aromatic N) is 1. The zero-order chi connectivity index (χ0) is 23.2. The third kappa shape index (κ3) is 5.38. The van der Waals surface area contributed by atoms with Gasteiger partial charge in [-0.25, -0.2) is 0 Å². The van der Waals surface area contributed by atoms with Crippen molar-refractivity contribution in [3.63, 3.8) is 0 Å². The van der Waals surface area contributed by atoms with E-state index in [1.807, 2.05) is 48.5 Å². The second-order valence-electron chi connectivity index (χ2n) is 8.16. The Kier molecular flexibility index (Phi) is 7.32. The molecule has 0 saturated carbocycles. The molecule has 1 aliphatic rings. The summed E-state index contributed by atoms with van der Waals surface area (Å²) in [4.78, 5) is 12.8. The molecule has 2 atom stereocenters. The Morgan fingerprint density at radius 1 is 1.09 bits per heavy atom. The zero-order valence-electron chi connectivity index (χ0n) is 18.6. The van der Waals surface area contributed by atoms with E-state index in [2.05, 4.69) is 0 Å². The molecule has 7 heteroatoms. The van der Waals surface area contributed by atoms with Crippen molar-refractivity contribution in [2.45, 2.75) is 25.0 Å². The average molecular weight is 451 g/mol. The van der Waals surface area contributed by atoms with E-state index in [1.54, 1.807) is 19.2 Å². The Labute approximate surface area is 193 Å². The van der Waals surface area contributed by atoms with Crippen molar-refractivity contribution in [2.75, 3.05) is 33.4 Å². The molecule has 7 nitrogen and oxygen atoms in total. The number of benzene rings is 3. The molecule has 0 aliphatic carbocycles. The minimum absolute atomic E-state index is 0.000448. The van der Waals surface area contributed by atoms with Crippen LogP contribution in [0.25, 0.3) is 10.8 Å². The van der Waals surface area contributed by atoms with E-state index in [9.17, 15) is 15.0 Å². The van der Waals surface area contributed by atoms with E-state index in [-0.39, 0.29) is 30.9 Å². The van der Waals surface area contributed by atoms with Crippen LogP contribution in [0.3, 0.4) is 0 Å². The van der Waals surface area contributed by atoms with Crippen molar-refractivity contribution in [1.82, 2.24) is 4.90 Å². The van der Waals surface area contributed by atoms with Crippen LogP contribution in [0, 0.1) is 0 Å². The van der Waals surface area contributed by atoms with Crippen LogP contribution in [0.1, 0.15) is 23.5 Å². The van der Waals surface area contributed by atoms with Crippen LogP contribution in [-0.4, -0.2) is 55.6 Å². The maximum Gasteiger partial charge on any atom is 0.137 e. The zero-order valence-corrected chi connectivity index (χ0v) is 18.6. The smallest absolute Gasteiger partial charge is 0.137 e. The number of rotatable bonds is 8. The number of amides is 1. The van der Waals surface area contributed by atoms with E-state index >= 15 is 0 Å². The summed E-state index contributed by atoms with van der Waals surface area (Å²) in [6.07, 6.45) is -0.945. The normalized spacial score (nSPS) is 18.4. The Hall–Kier alpha value is -3.29. The lowest BCUT2D eigenvalue weighted by molar-refractivity contribution is -0.268. The third-order valence-electron chi connectivity index (χ3n) is 6.09. The Morgan fingerprint density at radius 2 is 1.88 bits per heavy atom. The van der Waals surface area contributed by atoms with Gasteiger partial charge >= 0.3 is 0 Å². The Balaban J connectivity index is 1.58. The lowest BCUT2D eigenvalue weighted by atomic mass is 9.87. The van der Waals surface area contributed by atoms with Gasteiger partial charge in [0.1, 0.15) is 24.2 Å². The summed E-state index contributed by atoms with van der Waals surface area (Å²) in [6.45, 7) is 1.76. The van der Waals surface area contributed by atoms with Gasteiger partial charge in [-0.2, -0.15) is 0 Å². The van der Waals surface area contributed by atoms with Gasteiger partial charge in [-0.05, 0) is 29.5 Å². The molecular formula is C26H28NO6-. The van der Waals surface area contributed by atoms with E-state index < -0.39 is 6.09 Å². The lowest BCUT2D eigenvalue weighted by Crippen LogP contribution is -2.51. The van der Waals surface area contributed by atoms with Crippen LogP contribution in [0.4, 0.5) is 4.79 Å². The first kappa shape index (κ1) is 22.9. The quantitative estimate of drug-likeness (QED) is 0.530. The molecule has 4 rings (SSSR count). The number of hydrogen-bond acceptors (Lipinski definition) is 6. The molecule has 1 heterocycles. The first-order valence-corrected chi connectivity index (χ1v) is 11.1. The van der Waals surface area contributed by atoms with Gasteiger partial charge in [0.05, 0.1) is 19.3 Å². The highest BCUT2D eigenvalue weighted by Crippen LogP contribution is 2.34. The molecule has 3 aromatic carbocycles. The summed E-state index contributed by atoms with van der Waals surface area (Å²) in [5.41, 5.74) is 1.89. The first-order chi connectivity index (χ1) is 16.1. The van der Waals surface area contributed by atoms with Gasteiger partial charge in [-0.3, -0.25) is 0 Å². The molecule has 1 amide bonds. The predicted octanol–water partition coefficient (Wildman–Crippen LogP) is 3.29. The number of ether oxygens (including phenoxy) is 3. The van der Waals surface area contributed by atoms with Crippen molar-refractivity contribution < 1.29 is 29.2 Å². The van der Waals surface area contributed by atoms with Gasteiger partial charge in [-0.1, -0.05) is 48.5 Å². The second kappa shape index (κ2) is 10.6. The van der Waals surface area contributed by atoms with Crippen molar-refractivity contribution >= 4 is 16.9 Å². The van der Waals surface area contributed by atoms with Gasteiger partial charge in [0.15, 0.2) is 0 Å². The van der Waals surface area contributed by atoms with Crippen LogP contribution in [0.15, 0.2) is 60.7 Å². The molecule has 33 heavy (non-hydrogen) atoms. The van der Waals surface area contributed by atoms with Crippen molar-refractivity contribution in [3.8, 4) is 11.5 Å². The van der Waals surface area contributed by atoms with E-state index in [0.29, 0.717) is 26.2 Å². The van der Waals surface area contributed by atoms with Gasteiger partial charge in [0, 0.05) is 37.1 Å². The average Bonchev–Trinajstić information content (AvgIpc) is 2.83. The summed E-state index contributed by atoms with van der Waals surface area (Å²) >= 11 is 0. The lowest BCUT2D eigenvalue weighted by Gasteiger charge is -2.40. The number of phenolic OH excluding ortho intramolecular Hbond substituents is 1. The molecule has 1 aliphatic heterocycles. The minimum Gasteiger partial charge on any atom is -0.530 e. The number of piperidine rings is 1. The fraction of sp³-hybridized carbons (Fsp3) is 0.346. The molecule has 174 valence electrons. The van der Waals surface area contributed by atoms with Crippen molar-refractivity contribution in [2.24, 2.45) is 0 Å². The topological polar surface area (TPSA) is 91.3 Å². The molecule has 1 fully saturated rings. The molecule has 1 N–H and O–H groups in total. The summed E-state index contributed by atoms with van der Waals surface area (Å²) in [5.74, 6) is 0.941. The van der Waals surface area contributed by atoms with E-state index in [1.165, 1.54) is 4.90 Å².